The molecule has 0 radical (unpaired) electrons. The molecule has 0 spiro atoms. The predicted octanol–water partition coefficient (Wildman–Crippen LogP) is -0.927. The summed E-state index contributed by atoms with van der Waals surface area (Å²) in [5.41, 5.74) is 4.97. The van der Waals surface area contributed by atoms with E-state index in [1.807, 2.05) is 0 Å². The smallest absolute Gasteiger partial charge is 0.323 e. The molecule has 0 aliphatic carbocycles. The second-order valence-corrected chi connectivity index (χ2v) is 4.20. The van der Waals surface area contributed by atoms with Gasteiger partial charge in [-0.3, -0.25) is 9.59 Å². The molecule has 8 heteroatoms. The van der Waals surface area contributed by atoms with Crippen LogP contribution in [0.15, 0.2) is 0 Å². The Kier molecular flexibility index (Phi) is 8.27. The minimum atomic E-state index is -1.21. The second-order valence-electron chi connectivity index (χ2n) is 4.20. The maximum atomic E-state index is 11.9. The Morgan fingerprint density at radius 2 is 1.74 bits per heavy atom. The van der Waals surface area contributed by atoms with Crippen LogP contribution in [0.5, 0.6) is 0 Å². The minimum Gasteiger partial charge on any atom is -0.480 e. The molecule has 110 valence electrons. The van der Waals surface area contributed by atoms with Crippen LogP contribution in [0.1, 0.15) is 19.3 Å². The number of hydrogen-bond acceptors (Lipinski definition) is 4. The van der Waals surface area contributed by atoms with Crippen LogP contribution >= 0.6 is 0 Å². The number of aliphatic hydroxyl groups is 1. The van der Waals surface area contributed by atoms with Crippen molar-refractivity contribution < 1.29 is 24.6 Å². The van der Waals surface area contributed by atoms with Crippen LogP contribution in [0.3, 0.4) is 0 Å². The molecule has 8 nitrogen and oxygen atoms in total. The number of urea groups is 1. The van der Waals surface area contributed by atoms with Gasteiger partial charge in [-0.2, -0.15) is 0 Å². The normalized spacial score (nSPS) is 10.0. The number of nitrogens with two attached hydrogens (primary N) is 1. The number of aliphatic carboxylic acids is 1. The number of primary amides is 1. The van der Waals surface area contributed by atoms with Gasteiger partial charge in [0.15, 0.2) is 0 Å². The van der Waals surface area contributed by atoms with Crippen LogP contribution in [-0.4, -0.2) is 71.2 Å². The molecule has 0 heterocycles. The number of amides is 3. The summed E-state index contributed by atoms with van der Waals surface area (Å²) in [6.45, 7) is -0.465. The van der Waals surface area contributed by atoms with Gasteiger partial charge in [0.2, 0.25) is 5.91 Å². The largest absolute Gasteiger partial charge is 0.480 e. The van der Waals surface area contributed by atoms with E-state index < -0.39 is 31.0 Å². The lowest BCUT2D eigenvalue weighted by molar-refractivity contribution is -0.138. The van der Waals surface area contributed by atoms with Gasteiger partial charge in [-0.1, -0.05) is 0 Å². The number of carboxylic acid groups (broad SMARTS) is 1. The van der Waals surface area contributed by atoms with Crippen molar-refractivity contribution in [2.24, 2.45) is 5.73 Å². The van der Waals surface area contributed by atoms with Crippen LogP contribution in [0.4, 0.5) is 4.79 Å². The van der Waals surface area contributed by atoms with Crippen molar-refractivity contribution in [2.45, 2.75) is 19.3 Å². The van der Waals surface area contributed by atoms with Gasteiger partial charge in [-0.25, -0.2) is 4.79 Å². The molecule has 0 aromatic rings. The first-order valence-corrected chi connectivity index (χ1v) is 5.99. The Hall–Kier alpha value is -1.83. The van der Waals surface area contributed by atoms with E-state index in [-0.39, 0.29) is 6.61 Å². The van der Waals surface area contributed by atoms with Crippen molar-refractivity contribution in [1.82, 2.24) is 9.80 Å². The van der Waals surface area contributed by atoms with Gasteiger partial charge in [0.25, 0.3) is 0 Å². The second kappa shape index (κ2) is 9.15. The SMILES string of the molecule is CN(CCCCCO)C(=O)N(CC(N)=O)CC(=O)O. The summed E-state index contributed by atoms with van der Waals surface area (Å²) in [6.07, 6.45) is 2.12. The molecule has 3 amide bonds. The molecule has 0 aliphatic heterocycles. The monoisotopic (exact) mass is 275 g/mol. The average Bonchev–Trinajstić information content (AvgIpc) is 2.31. The number of carbonyl (C=O) groups is 3. The fraction of sp³-hybridized carbons (Fsp3) is 0.727. The van der Waals surface area contributed by atoms with E-state index in [4.69, 9.17) is 15.9 Å². The number of carbonyl (C=O) groups excluding carboxylic acids is 2. The third-order valence-corrected chi connectivity index (χ3v) is 2.42. The molecule has 0 aromatic carbocycles. The fourth-order valence-electron chi connectivity index (χ4n) is 1.52. The number of nitrogens with zero attached hydrogens (tertiary/aromatic N) is 2. The van der Waals surface area contributed by atoms with E-state index in [0.717, 1.165) is 11.3 Å². The van der Waals surface area contributed by atoms with E-state index in [2.05, 4.69) is 0 Å². The van der Waals surface area contributed by atoms with Crippen molar-refractivity contribution in [3.05, 3.63) is 0 Å². The Balaban J connectivity index is 4.34. The van der Waals surface area contributed by atoms with E-state index in [1.54, 1.807) is 0 Å². The molecule has 0 saturated carbocycles. The van der Waals surface area contributed by atoms with E-state index >= 15 is 0 Å². The minimum absolute atomic E-state index is 0.102. The summed E-state index contributed by atoms with van der Waals surface area (Å²) in [7, 11) is 1.52. The third kappa shape index (κ3) is 7.98. The van der Waals surface area contributed by atoms with Crippen molar-refractivity contribution >= 4 is 17.9 Å². The first kappa shape index (κ1) is 17.2. The Morgan fingerprint density at radius 1 is 1.11 bits per heavy atom. The van der Waals surface area contributed by atoms with Gasteiger partial charge < -0.3 is 25.7 Å². The summed E-state index contributed by atoms with van der Waals surface area (Å²) in [5, 5.41) is 17.3. The summed E-state index contributed by atoms with van der Waals surface area (Å²) < 4.78 is 0. The van der Waals surface area contributed by atoms with Gasteiger partial charge in [-0.15, -0.1) is 0 Å². The topological polar surface area (TPSA) is 124 Å². The molecule has 0 bridgehead atoms. The molecular formula is C11H21N3O5. The van der Waals surface area contributed by atoms with Gasteiger partial charge in [0.05, 0.1) is 0 Å². The van der Waals surface area contributed by atoms with Gasteiger partial charge in [0, 0.05) is 20.2 Å². The summed E-state index contributed by atoms with van der Waals surface area (Å²) in [4.78, 5) is 35.6. The van der Waals surface area contributed by atoms with Gasteiger partial charge in [-0.05, 0) is 19.3 Å². The molecule has 0 aromatic heterocycles. The number of rotatable bonds is 9. The highest BCUT2D eigenvalue weighted by molar-refractivity contribution is 5.85. The van der Waals surface area contributed by atoms with Crippen LogP contribution in [0.25, 0.3) is 0 Å². The lowest BCUT2D eigenvalue weighted by atomic mass is 10.2. The molecule has 4 N–H and O–H groups in total. The first-order valence-electron chi connectivity index (χ1n) is 5.99. The molecule has 0 fully saturated rings. The number of carboxylic acids is 1. The fourth-order valence-corrected chi connectivity index (χ4v) is 1.52. The zero-order valence-corrected chi connectivity index (χ0v) is 11.0. The van der Waals surface area contributed by atoms with E-state index in [9.17, 15) is 14.4 Å². The van der Waals surface area contributed by atoms with E-state index in [0.29, 0.717) is 19.4 Å². The zero-order chi connectivity index (χ0) is 14.8. The van der Waals surface area contributed by atoms with Crippen LogP contribution in [0.2, 0.25) is 0 Å². The number of hydrogen-bond donors (Lipinski definition) is 3. The van der Waals surface area contributed by atoms with Crippen LogP contribution in [-0.2, 0) is 9.59 Å². The number of aliphatic hydroxyl groups excluding tert-OH is 1. The third-order valence-electron chi connectivity index (χ3n) is 2.42. The zero-order valence-electron chi connectivity index (χ0n) is 11.0. The van der Waals surface area contributed by atoms with Gasteiger partial charge in [0.1, 0.15) is 13.1 Å². The molecule has 0 rings (SSSR count). The predicted molar refractivity (Wildman–Crippen MR) is 67.4 cm³/mol. The quantitative estimate of drug-likeness (QED) is 0.469. The van der Waals surface area contributed by atoms with Crippen molar-refractivity contribution in [2.75, 3.05) is 33.3 Å². The summed E-state index contributed by atoms with van der Waals surface area (Å²) >= 11 is 0. The Labute approximate surface area is 111 Å². The molecule has 0 unspecified atom stereocenters. The summed E-state index contributed by atoms with van der Waals surface area (Å²) in [5.74, 6) is -1.97. The average molecular weight is 275 g/mol. The molecule has 0 aliphatic rings. The van der Waals surface area contributed by atoms with Crippen molar-refractivity contribution in [3.63, 3.8) is 0 Å². The van der Waals surface area contributed by atoms with Crippen molar-refractivity contribution in [1.29, 1.82) is 0 Å². The first-order chi connectivity index (χ1) is 8.88. The lowest BCUT2D eigenvalue weighted by Gasteiger charge is -2.26. The maximum absolute atomic E-state index is 11.9. The Bertz CT molecular complexity index is 305. The highest BCUT2D eigenvalue weighted by Gasteiger charge is 2.21. The summed E-state index contributed by atoms with van der Waals surface area (Å²) in [6, 6.07) is -0.551. The molecule has 0 saturated heterocycles. The van der Waals surface area contributed by atoms with E-state index in [1.165, 1.54) is 11.9 Å². The maximum Gasteiger partial charge on any atom is 0.323 e. The Morgan fingerprint density at radius 3 is 2.21 bits per heavy atom. The molecule has 0 atom stereocenters. The lowest BCUT2D eigenvalue weighted by Crippen LogP contribution is -2.47. The highest BCUT2D eigenvalue weighted by atomic mass is 16.4. The standard InChI is InChI=1S/C11H21N3O5/c1-13(5-3-2-4-6-15)11(19)14(7-9(12)16)8-10(17)18/h15H,2-8H2,1H3,(H2,12,16)(H,17,18). The number of unbranched alkanes of at least 4 members (excludes halogenated alkanes) is 2. The van der Waals surface area contributed by atoms with Crippen LogP contribution < -0.4 is 5.73 Å². The van der Waals surface area contributed by atoms with Crippen LogP contribution in [0, 0.1) is 0 Å². The van der Waals surface area contributed by atoms with Crippen molar-refractivity contribution in [3.8, 4) is 0 Å². The molecule has 19 heavy (non-hydrogen) atoms. The molecular weight excluding hydrogens is 254 g/mol. The van der Waals surface area contributed by atoms with Gasteiger partial charge >= 0.3 is 12.0 Å². The highest BCUT2D eigenvalue weighted by Crippen LogP contribution is 2.01.